The highest BCUT2D eigenvalue weighted by Gasteiger charge is 2.25. The van der Waals surface area contributed by atoms with Gasteiger partial charge in [-0.1, -0.05) is 24.3 Å². The topological polar surface area (TPSA) is 94.5 Å². The average Bonchev–Trinajstić information content (AvgIpc) is 2.89. The van der Waals surface area contributed by atoms with Crippen LogP contribution >= 0.6 is 0 Å². The highest BCUT2D eigenvalue weighted by atomic mass is 16.5. The van der Waals surface area contributed by atoms with Gasteiger partial charge in [-0.05, 0) is 37.8 Å². The molecule has 0 saturated heterocycles. The predicted molar refractivity (Wildman–Crippen MR) is 99.9 cm³/mol. The number of aliphatic hydroxyl groups is 1. The van der Waals surface area contributed by atoms with Crippen molar-refractivity contribution in [2.75, 3.05) is 13.7 Å². The fraction of sp³-hybridized carbons (Fsp3) is 0.400. The summed E-state index contributed by atoms with van der Waals surface area (Å²) in [6.07, 6.45) is 1.18. The molecule has 0 bridgehead atoms. The van der Waals surface area contributed by atoms with Crippen molar-refractivity contribution in [2.45, 2.75) is 39.7 Å². The lowest BCUT2D eigenvalue weighted by atomic mass is 9.94. The van der Waals surface area contributed by atoms with Gasteiger partial charge in [-0.25, -0.2) is 0 Å². The van der Waals surface area contributed by atoms with E-state index in [1.807, 2.05) is 42.7 Å². The number of nitrogens with two attached hydrogens (primary N) is 1. The van der Waals surface area contributed by atoms with Gasteiger partial charge in [0.2, 0.25) is 0 Å². The Hall–Kier alpha value is -2.60. The van der Waals surface area contributed by atoms with Crippen molar-refractivity contribution in [3.63, 3.8) is 0 Å². The van der Waals surface area contributed by atoms with Gasteiger partial charge in [0, 0.05) is 30.1 Å². The molecule has 0 atom stereocenters. The zero-order chi connectivity index (χ0) is 19.3. The van der Waals surface area contributed by atoms with Gasteiger partial charge in [0.1, 0.15) is 0 Å². The zero-order valence-corrected chi connectivity index (χ0v) is 15.5. The van der Waals surface area contributed by atoms with Gasteiger partial charge in [0.05, 0.1) is 19.1 Å². The Morgan fingerprint density at radius 1 is 1.23 bits per heavy atom. The molecule has 0 fully saturated rings. The minimum Gasteiger partial charge on any atom is -0.469 e. The molecule has 0 unspecified atom stereocenters. The molecule has 0 aliphatic heterocycles. The number of hydrogen-bond acceptors (Lipinski definition) is 4. The Morgan fingerprint density at radius 2 is 1.92 bits per heavy atom. The molecule has 0 radical (unpaired) electrons. The number of amides is 1. The van der Waals surface area contributed by atoms with Gasteiger partial charge in [0.25, 0.3) is 5.91 Å². The number of primary amides is 1. The van der Waals surface area contributed by atoms with Crippen molar-refractivity contribution >= 4 is 11.9 Å². The van der Waals surface area contributed by atoms with E-state index in [0.717, 1.165) is 28.1 Å². The van der Waals surface area contributed by atoms with Crippen molar-refractivity contribution in [2.24, 2.45) is 5.73 Å². The lowest BCUT2D eigenvalue weighted by Crippen LogP contribution is -2.13. The third-order valence-corrected chi connectivity index (χ3v) is 4.63. The first-order valence-corrected chi connectivity index (χ1v) is 8.67. The smallest absolute Gasteiger partial charge is 0.305 e. The summed E-state index contributed by atoms with van der Waals surface area (Å²) in [5.41, 5.74) is 10.5. The van der Waals surface area contributed by atoms with E-state index in [1.54, 1.807) is 0 Å². The number of methoxy groups -OCH3 is 1. The van der Waals surface area contributed by atoms with E-state index in [9.17, 15) is 14.7 Å². The summed E-state index contributed by atoms with van der Waals surface area (Å²) in [7, 11) is 1.36. The molecule has 2 aromatic rings. The summed E-state index contributed by atoms with van der Waals surface area (Å²) >= 11 is 0. The summed E-state index contributed by atoms with van der Waals surface area (Å²) in [6.45, 7) is 4.41. The Bertz CT molecular complexity index is 808. The maximum absolute atomic E-state index is 12.2. The molecule has 26 heavy (non-hydrogen) atoms. The number of aryl methyl sites for hydroxylation is 1. The van der Waals surface area contributed by atoms with Gasteiger partial charge in [-0.15, -0.1) is 0 Å². The van der Waals surface area contributed by atoms with Crippen LogP contribution in [0.2, 0.25) is 0 Å². The van der Waals surface area contributed by atoms with Crippen molar-refractivity contribution in [3.8, 4) is 11.1 Å². The third-order valence-electron chi connectivity index (χ3n) is 4.63. The maximum atomic E-state index is 12.2. The number of rotatable bonds is 8. The van der Waals surface area contributed by atoms with E-state index >= 15 is 0 Å². The number of esters is 1. The van der Waals surface area contributed by atoms with E-state index in [4.69, 9.17) is 10.5 Å². The summed E-state index contributed by atoms with van der Waals surface area (Å²) in [6, 6.07) is 7.78. The molecule has 1 heterocycles. The molecule has 1 aromatic carbocycles. The first-order chi connectivity index (χ1) is 12.4. The van der Waals surface area contributed by atoms with Crippen molar-refractivity contribution < 1.29 is 19.4 Å². The normalized spacial score (nSPS) is 10.8. The molecule has 6 heteroatoms. The van der Waals surface area contributed by atoms with E-state index in [1.165, 1.54) is 7.11 Å². The SMILES string of the molecule is COC(=O)CCc1c(-c2ccccc2C)c(C(N)=O)c(C)n1CCCO. The van der Waals surface area contributed by atoms with Crippen LogP contribution in [-0.2, 0) is 22.5 Å². The van der Waals surface area contributed by atoms with Crippen LogP contribution in [0, 0.1) is 13.8 Å². The minimum absolute atomic E-state index is 0.0413. The summed E-state index contributed by atoms with van der Waals surface area (Å²) in [4.78, 5) is 23.9. The molecular weight excluding hydrogens is 332 g/mol. The van der Waals surface area contributed by atoms with Crippen LogP contribution < -0.4 is 5.73 Å². The maximum Gasteiger partial charge on any atom is 0.305 e. The molecule has 2 rings (SSSR count). The number of benzene rings is 1. The standard InChI is InChI=1S/C20H26N2O4/c1-13-7-4-5-8-15(13)19-16(9-10-17(24)26-3)22(11-6-12-23)14(2)18(19)20(21)25/h4-5,7-8,23H,6,9-12H2,1-3H3,(H2,21,25). The van der Waals surface area contributed by atoms with Gasteiger partial charge in [0.15, 0.2) is 0 Å². The number of carbonyl (C=O) groups is 2. The molecule has 140 valence electrons. The van der Waals surface area contributed by atoms with Crippen LogP contribution in [0.4, 0.5) is 0 Å². The quantitative estimate of drug-likeness (QED) is 0.708. The summed E-state index contributed by atoms with van der Waals surface area (Å²) in [5.74, 6) is -0.809. The number of aromatic nitrogens is 1. The Labute approximate surface area is 153 Å². The lowest BCUT2D eigenvalue weighted by Gasteiger charge is -2.13. The number of nitrogens with zero attached hydrogens (tertiary/aromatic N) is 1. The fourth-order valence-electron chi connectivity index (χ4n) is 3.36. The van der Waals surface area contributed by atoms with E-state index in [2.05, 4.69) is 0 Å². The second-order valence-corrected chi connectivity index (χ2v) is 6.27. The molecular formula is C20H26N2O4. The lowest BCUT2D eigenvalue weighted by molar-refractivity contribution is -0.140. The van der Waals surface area contributed by atoms with Crippen LogP contribution in [0.3, 0.4) is 0 Å². The van der Waals surface area contributed by atoms with E-state index < -0.39 is 5.91 Å². The Kier molecular flexibility index (Phi) is 6.58. The number of aliphatic hydroxyl groups excluding tert-OH is 1. The second-order valence-electron chi connectivity index (χ2n) is 6.27. The third kappa shape index (κ3) is 3.96. The highest BCUT2D eigenvalue weighted by Crippen LogP contribution is 2.35. The van der Waals surface area contributed by atoms with Crippen LogP contribution in [0.25, 0.3) is 11.1 Å². The van der Waals surface area contributed by atoms with Crippen molar-refractivity contribution in [1.29, 1.82) is 0 Å². The van der Waals surface area contributed by atoms with Gasteiger partial charge < -0.3 is 20.1 Å². The van der Waals surface area contributed by atoms with E-state index in [0.29, 0.717) is 24.9 Å². The number of ether oxygens (including phenoxy) is 1. The largest absolute Gasteiger partial charge is 0.469 e. The first-order valence-electron chi connectivity index (χ1n) is 8.67. The predicted octanol–water partition coefficient (Wildman–Crippen LogP) is 2.36. The zero-order valence-electron chi connectivity index (χ0n) is 15.5. The first kappa shape index (κ1) is 19.7. The molecule has 6 nitrogen and oxygen atoms in total. The van der Waals surface area contributed by atoms with Crippen LogP contribution in [0.5, 0.6) is 0 Å². The highest BCUT2D eigenvalue weighted by molar-refractivity contribution is 6.02. The van der Waals surface area contributed by atoms with Crippen LogP contribution in [0.1, 0.15) is 40.2 Å². The monoisotopic (exact) mass is 358 g/mol. The molecule has 0 aliphatic carbocycles. The summed E-state index contributed by atoms with van der Waals surface area (Å²) in [5, 5.41) is 9.23. The van der Waals surface area contributed by atoms with Crippen LogP contribution in [-0.4, -0.2) is 35.3 Å². The molecule has 0 saturated carbocycles. The van der Waals surface area contributed by atoms with Gasteiger partial charge in [-0.2, -0.15) is 0 Å². The number of carbonyl (C=O) groups excluding carboxylic acids is 2. The molecule has 0 spiro atoms. The van der Waals surface area contributed by atoms with Gasteiger partial charge >= 0.3 is 5.97 Å². The number of hydrogen-bond donors (Lipinski definition) is 2. The van der Waals surface area contributed by atoms with Crippen molar-refractivity contribution in [3.05, 3.63) is 46.8 Å². The minimum atomic E-state index is -0.497. The Morgan fingerprint density at radius 3 is 2.50 bits per heavy atom. The molecule has 1 amide bonds. The summed E-state index contributed by atoms with van der Waals surface area (Å²) < 4.78 is 6.75. The van der Waals surface area contributed by atoms with E-state index in [-0.39, 0.29) is 19.0 Å². The van der Waals surface area contributed by atoms with Gasteiger partial charge in [-0.3, -0.25) is 9.59 Å². The van der Waals surface area contributed by atoms with Crippen LogP contribution in [0.15, 0.2) is 24.3 Å². The Balaban J connectivity index is 2.70. The second kappa shape index (κ2) is 8.67. The molecule has 1 aromatic heterocycles. The fourth-order valence-corrected chi connectivity index (χ4v) is 3.36. The average molecular weight is 358 g/mol. The molecule has 0 aliphatic rings. The van der Waals surface area contributed by atoms with Crippen molar-refractivity contribution in [1.82, 2.24) is 4.57 Å². The molecule has 3 N–H and O–H groups in total.